The molecule has 11 heteroatoms. The van der Waals surface area contributed by atoms with E-state index < -0.39 is 23.8 Å². The minimum absolute atomic E-state index is 0.168. The van der Waals surface area contributed by atoms with Gasteiger partial charge >= 0.3 is 6.03 Å². The average molecular weight is 455 g/mol. The summed E-state index contributed by atoms with van der Waals surface area (Å²) in [4.78, 5) is 26.7. The third-order valence-electron chi connectivity index (χ3n) is 5.44. The highest BCUT2D eigenvalue weighted by molar-refractivity contribution is 6.10. The highest BCUT2D eigenvalue weighted by Gasteiger charge is 2.39. The molecule has 2 aliphatic rings. The van der Waals surface area contributed by atoms with Crippen LogP contribution >= 0.6 is 0 Å². The molecule has 4 rings (SSSR count). The first kappa shape index (κ1) is 22.3. The van der Waals surface area contributed by atoms with Crippen LogP contribution in [0.3, 0.4) is 0 Å². The van der Waals surface area contributed by atoms with Crippen LogP contribution in [0.25, 0.3) is 0 Å². The molecule has 4 heterocycles. The Morgan fingerprint density at radius 3 is 2.79 bits per heavy atom. The molecule has 0 radical (unpaired) electrons. The first-order chi connectivity index (χ1) is 15.9. The molecule has 0 aliphatic carbocycles. The number of pyridine rings is 2. The molecule has 2 aromatic heterocycles. The van der Waals surface area contributed by atoms with E-state index in [0.29, 0.717) is 29.0 Å². The summed E-state index contributed by atoms with van der Waals surface area (Å²) >= 11 is 0. The molecule has 2 aliphatic heterocycles. The predicted octanol–water partition coefficient (Wildman–Crippen LogP) is 2.65. The van der Waals surface area contributed by atoms with Gasteiger partial charge in [-0.1, -0.05) is 0 Å². The van der Waals surface area contributed by atoms with Crippen LogP contribution in [0.1, 0.15) is 30.6 Å². The molecule has 1 fully saturated rings. The monoisotopic (exact) mass is 455 g/mol. The smallest absolute Gasteiger partial charge is 0.341 e. The largest absolute Gasteiger partial charge is 0.468 e. The van der Waals surface area contributed by atoms with Crippen molar-refractivity contribution in [3.8, 4) is 5.88 Å². The zero-order valence-electron chi connectivity index (χ0n) is 18.2. The van der Waals surface area contributed by atoms with E-state index in [1.807, 2.05) is 0 Å². The van der Waals surface area contributed by atoms with Crippen molar-refractivity contribution in [3.63, 3.8) is 0 Å². The van der Waals surface area contributed by atoms with E-state index in [9.17, 15) is 13.6 Å². The molecule has 2 amide bonds. The Bertz CT molecular complexity index is 1150. The fourth-order valence-electron chi connectivity index (χ4n) is 3.67. The maximum Gasteiger partial charge on any atom is 0.341 e. The predicted molar refractivity (Wildman–Crippen MR) is 118 cm³/mol. The van der Waals surface area contributed by atoms with E-state index in [1.165, 1.54) is 40.5 Å². The molecule has 9 nitrogen and oxygen atoms in total. The van der Waals surface area contributed by atoms with Crippen molar-refractivity contribution in [2.45, 2.75) is 25.5 Å². The fraction of sp³-hybridized carbons (Fsp3) is 0.318. The zero-order chi connectivity index (χ0) is 23.5. The molecule has 0 saturated carbocycles. The van der Waals surface area contributed by atoms with Crippen LogP contribution in [-0.4, -0.2) is 64.1 Å². The number of amides is 2. The molecular formula is C22H23F2N7O2. The second kappa shape index (κ2) is 9.31. The summed E-state index contributed by atoms with van der Waals surface area (Å²) in [5.74, 6) is -1.26. The highest BCUT2D eigenvalue weighted by atomic mass is 19.1. The number of aromatic nitrogens is 2. The quantitative estimate of drug-likeness (QED) is 0.697. The molecule has 0 bridgehead atoms. The number of carbonyl (C=O) groups is 1. The fourth-order valence-corrected chi connectivity index (χ4v) is 3.67. The topological polar surface area (TPSA) is 109 Å². The van der Waals surface area contributed by atoms with E-state index in [-0.39, 0.29) is 25.0 Å². The highest BCUT2D eigenvalue weighted by Crippen LogP contribution is 2.30. The van der Waals surface area contributed by atoms with Gasteiger partial charge in [0.15, 0.2) is 5.82 Å². The SMILES string of the molecule is CN=C(C(C)=CN)c1ccc(F)c(OC2CN(C(=O)N3N=CC[C@H]3c3cncc(F)c3)C2)n1. The van der Waals surface area contributed by atoms with Crippen LogP contribution in [-0.2, 0) is 0 Å². The van der Waals surface area contributed by atoms with Crippen molar-refractivity contribution in [1.82, 2.24) is 19.9 Å². The Labute approximate surface area is 189 Å². The van der Waals surface area contributed by atoms with Crippen LogP contribution in [0.4, 0.5) is 13.6 Å². The van der Waals surface area contributed by atoms with E-state index in [4.69, 9.17) is 10.5 Å². The van der Waals surface area contributed by atoms with Crippen molar-refractivity contribution in [2.75, 3.05) is 20.1 Å². The van der Waals surface area contributed by atoms with E-state index in [1.54, 1.807) is 20.2 Å². The second-order valence-electron chi connectivity index (χ2n) is 7.66. The lowest BCUT2D eigenvalue weighted by molar-refractivity contribution is 0.0230. The number of hydrogen-bond acceptors (Lipinski definition) is 7. The van der Waals surface area contributed by atoms with Gasteiger partial charge in [-0.05, 0) is 42.5 Å². The molecule has 0 unspecified atom stereocenters. The summed E-state index contributed by atoms with van der Waals surface area (Å²) in [7, 11) is 1.59. The lowest BCUT2D eigenvalue weighted by Crippen LogP contribution is -2.59. The summed E-state index contributed by atoms with van der Waals surface area (Å²) in [6, 6.07) is 3.32. The molecule has 1 saturated heterocycles. The number of urea groups is 1. The lowest BCUT2D eigenvalue weighted by Gasteiger charge is -2.40. The van der Waals surface area contributed by atoms with Gasteiger partial charge in [-0.25, -0.2) is 23.6 Å². The minimum atomic E-state index is -0.615. The number of halogens is 2. The molecular weight excluding hydrogens is 432 g/mol. The van der Waals surface area contributed by atoms with Gasteiger partial charge in [0.05, 0.1) is 36.7 Å². The van der Waals surface area contributed by atoms with Crippen LogP contribution in [0.5, 0.6) is 5.88 Å². The number of rotatable bonds is 5. The van der Waals surface area contributed by atoms with Crippen molar-refractivity contribution in [1.29, 1.82) is 0 Å². The molecule has 2 aromatic rings. The lowest BCUT2D eigenvalue weighted by atomic mass is 10.1. The van der Waals surface area contributed by atoms with Gasteiger partial charge < -0.3 is 15.4 Å². The first-order valence-electron chi connectivity index (χ1n) is 10.3. The Morgan fingerprint density at radius 2 is 2.09 bits per heavy atom. The summed E-state index contributed by atoms with van der Waals surface area (Å²) in [5.41, 5.74) is 7.77. The van der Waals surface area contributed by atoms with E-state index >= 15 is 0 Å². The standard InChI is InChI=1S/C22H23F2N7O2/c1-13(8-25)20(26-2)18-4-3-17(24)21(29-18)33-16-11-30(12-16)22(32)31-19(5-6-28-31)14-7-15(23)10-27-9-14/h3-4,6-10,16,19H,5,11-12,25H2,1-2H3/t19-/m0/s1. The summed E-state index contributed by atoms with van der Waals surface area (Å²) in [6.07, 6.45) is 5.66. The van der Waals surface area contributed by atoms with Crippen LogP contribution in [0.15, 0.2) is 52.5 Å². The van der Waals surface area contributed by atoms with Gasteiger partial charge in [-0.15, -0.1) is 0 Å². The van der Waals surface area contributed by atoms with Gasteiger partial charge in [0.2, 0.25) is 0 Å². The summed E-state index contributed by atoms with van der Waals surface area (Å²) in [5, 5.41) is 5.44. The van der Waals surface area contributed by atoms with E-state index in [0.717, 1.165) is 6.20 Å². The van der Waals surface area contributed by atoms with Crippen LogP contribution in [0.2, 0.25) is 0 Å². The third-order valence-corrected chi connectivity index (χ3v) is 5.44. The third kappa shape index (κ3) is 4.52. The van der Waals surface area contributed by atoms with Crippen LogP contribution < -0.4 is 10.5 Å². The Morgan fingerprint density at radius 1 is 1.30 bits per heavy atom. The van der Waals surface area contributed by atoms with Crippen LogP contribution in [0, 0.1) is 11.6 Å². The normalized spacial score (nSPS) is 19.1. The minimum Gasteiger partial charge on any atom is -0.468 e. The molecule has 33 heavy (non-hydrogen) atoms. The number of aliphatic imine (C=N–C) groups is 1. The Hall–Kier alpha value is -3.89. The van der Waals surface area contributed by atoms with Gasteiger partial charge in [0.25, 0.3) is 5.88 Å². The maximum absolute atomic E-state index is 14.3. The maximum atomic E-state index is 14.3. The number of hydrogen-bond donors (Lipinski definition) is 1. The number of nitrogens with zero attached hydrogens (tertiary/aromatic N) is 6. The van der Waals surface area contributed by atoms with Gasteiger partial charge in [0, 0.05) is 25.9 Å². The number of likely N-dealkylation sites (tertiary alicyclic amines) is 1. The van der Waals surface area contributed by atoms with Gasteiger partial charge in [-0.3, -0.25) is 9.98 Å². The van der Waals surface area contributed by atoms with Crippen molar-refractivity contribution in [2.24, 2.45) is 15.8 Å². The molecule has 0 aromatic carbocycles. The van der Waals surface area contributed by atoms with Crippen molar-refractivity contribution in [3.05, 3.63) is 65.3 Å². The van der Waals surface area contributed by atoms with Crippen molar-refractivity contribution < 1.29 is 18.3 Å². The number of allylic oxidation sites excluding steroid dienone is 1. The zero-order valence-corrected chi connectivity index (χ0v) is 18.2. The molecule has 2 N–H and O–H groups in total. The second-order valence-corrected chi connectivity index (χ2v) is 7.66. The summed E-state index contributed by atoms with van der Waals surface area (Å²) in [6.45, 7) is 2.25. The number of ether oxygens (including phenoxy) is 1. The number of carbonyl (C=O) groups excluding carboxylic acids is 1. The molecule has 172 valence electrons. The van der Waals surface area contributed by atoms with E-state index in [2.05, 4.69) is 20.1 Å². The Kier molecular flexibility index (Phi) is 6.29. The summed E-state index contributed by atoms with van der Waals surface area (Å²) < 4.78 is 33.6. The molecule has 0 spiro atoms. The molecule has 1 atom stereocenters. The number of hydrazone groups is 1. The van der Waals surface area contributed by atoms with Crippen molar-refractivity contribution >= 4 is 18.0 Å². The average Bonchev–Trinajstić information content (AvgIpc) is 3.27. The van der Waals surface area contributed by atoms with Gasteiger partial charge in [0.1, 0.15) is 11.9 Å². The first-order valence-corrected chi connectivity index (χ1v) is 10.3. The van der Waals surface area contributed by atoms with Gasteiger partial charge in [-0.2, -0.15) is 5.10 Å². The number of nitrogens with two attached hydrogens (primary N) is 1. The Balaban J connectivity index is 1.40.